The molecular weight excluding hydrogens is 304 g/mol. The summed E-state index contributed by atoms with van der Waals surface area (Å²) in [5.41, 5.74) is 8.25. The lowest BCUT2D eigenvalue weighted by atomic mass is 10.1. The Kier molecular flexibility index (Phi) is 4.68. The number of hydrogen-bond acceptors (Lipinski definition) is 4. The molecule has 0 spiro atoms. The van der Waals surface area contributed by atoms with Crippen molar-refractivity contribution in [2.75, 3.05) is 5.01 Å². The Morgan fingerprint density at radius 3 is 2.39 bits per heavy atom. The van der Waals surface area contributed by atoms with Crippen LogP contribution in [0.25, 0.3) is 0 Å². The van der Waals surface area contributed by atoms with E-state index in [4.69, 9.17) is 18.0 Å². The molecule has 0 aliphatic carbocycles. The molecule has 0 saturated heterocycles. The van der Waals surface area contributed by atoms with Gasteiger partial charge in [0, 0.05) is 12.7 Å². The summed E-state index contributed by atoms with van der Waals surface area (Å²) < 4.78 is 0. The van der Waals surface area contributed by atoms with E-state index in [0.29, 0.717) is 17.4 Å². The Morgan fingerprint density at radius 1 is 1.09 bits per heavy atom. The monoisotopic (exact) mass is 322 g/mol. The van der Waals surface area contributed by atoms with Crippen LogP contribution in [0.3, 0.4) is 0 Å². The molecule has 0 bridgehead atoms. The molecule has 1 aliphatic heterocycles. The van der Waals surface area contributed by atoms with Crippen molar-refractivity contribution in [3.8, 4) is 0 Å². The Labute approximate surface area is 141 Å². The topological polar surface area (TPSA) is 53.6 Å². The first-order valence-corrected chi connectivity index (χ1v) is 7.83. The number of nitrogens with two attached hydrogens (primary N) is 1. The predicted molar refractivity (Wildman–Crippen MR) is 99.1 cm³/mol. The number of rotatable bonds is 4. The van der Waals surface area contributed by atoms with Gasteiger partial charge in [0.15, 0.2) is 0 Å². The summed E-state index contributed by atoms with van der Waals surface area (Å²) in [6, 6.07) is 20.0. The van der Waals surface area contributed by atoms with Crippen molar-refractivity contribution in [3.63, 3.8) is 0 Å². The van der Waals surface area contributed by atoms with Crippen LogP contribution in [-0.4, -0.2) is 10.8 Å². The zero-order valence-corrected chi connectivity index (χ0v) is 13.4. The molecule has 2 aromatic carbocycles. The van der Waals surface area contributed by atoms with Crippen molar-refractivity contribution in [2.24, 2.45) is 16.8 Å². The van der Waals surface area contributed by atoms with Gasteiger partial charge in [-0.1, -0.05) is 60.7 Å². The molecule has 2 aromatic rings. The average Bonchev–Trinajstić information content (AvgIpc) is 2.61. The molecule has 1 aliphatic rings. The van der Waals surface area contributed by atoms with Gasteiger partial charge >= 0.3 is 0 Å². The summed E-state index contributed by atoms with van der Waals surface area (Å²) in [6.07, 6.45) is 3.86. The minimum Gasteiger partial charge on any atom is -0.385 e. The largest absolute Gasteiger partial charge is 0.385 e. The third kappa shape index (κ3) is 3.76. The number of nitrogens with zero attached hydrogens (tertiary/aromatic N) is 2. The van der Waals surface area contributed by atoms with Crippen molar-refractivity contribution >= 4 is 28.7 Å². The minimum absolute atomic E-state index is 0.173. The van der Waals surface area contributed by atoms with Crippen molar-refractivity contribution in [1.82, 2.24) is 5.32 Å². The highest BCUT2D eigenvalue weighted by Crippen LogP contribution is 2.19. The summed E-state index contributed by atoms with van der Waals surface area (Å²) in [5.74, 6) is 0.315. The summed E-state index contributed by atoms with van der Waals surface area (Å²) in [5, 5.41) is 9.43. The third-order valence-corrected chi connectivity index (χ3v) is 3.97. The molecule has 116 valence electrons. The van der Waals surface area contributed by atoms with E-state index in [9.17, 15) is 0 Å². The van der Waals surface area contributed by atoms with E-state index in [1.54, 1.807) is 5.01 Å². The van der Waals surface area contributed by atoms with Gasteiger partial charge in [0.25, 0.3) is 0 Å². The second-order valence-corrected chi connectivity index (χ2v) is 5.67. The van der Waals surface area contributed by atoms with Crippen molar-refractivity contribution < 1.29 is 0 Å². The number of benzene rings is 2. The fourth-order valence-electron chi connectivity index (χ4n) is 2.33. The Bertz CT molecular complexity index is 725. The van der Waals surface area contributed by atoms with Gasteiger partial charge in [-0.15, -0.1) is 0 Å². The summed E-state index contributed by atoms with van der Waals surface area (Å²) in [4.78, 5) is 0.680. The number of hydrazone groups is 1. The molecule has 1 unspecified atom stereocenters. The van der Waals surface area contributed by atoms with Gasteiger partial charge in [-0.25, -0.2) is 5.01 Å². The molecule has 3 N–H and O–H groups in total. The van der Waals surface area contributed by atoms with Gasteiger partial charge < -0.3 is 11.1 Å². The van der Waals surface area contributed by atoms with Crippen LogP contribution in [0.2, 0.25) is 0 Å². The second-order valence-electron chi connectivity index (χ2n) is 5.23. The summed E-state index contributed by atoms with van der Waals surface area (Å²) >= 11 is 5.46. The standard InChI is InChI=1S/C18H18N4S/c19-17-16(18(23)20-13-14-7-3-1-4-8-14)11-12-22(21-17)15-9-5-2-6-10-15/h1-12,16H,13H2,(H2,19,21)(H,20,23). The highest BCUT2D eigenvalue weighted by atomic mass is 32.1. The van der Waals surface area contributed by atoms with E-state index in [1.807, 2.05) is 60.8 Å². The lowest BCUT2D eigenvalue weighted by Gasteiger charge is -2.24. The lowest BCUT2D eigenvalue weighted by Crippen LogP contribution is -2.39. The van der Waals surface area contributed by atoms with Crippen molar-refractivity contribution in [2.45, 2.75) is 6.54 Å². The molecular formula is C18H18N4S. The Morgan fingerprint density at radius 2 is 1.74 bits per heavy atom. The Hall–Kier alpha value is -2.66. The maximum atomic E-state index is 6.11. The maximum absolute atomic E-state index is 6.11. The van der Waals surface area contributed by atoms with Crippen LogP contribution in [0.15, 0.2) is 78.0 Å². The smallest absolute Gasteiger partial charge is 0.134 e. The van der Waals surface area contributed by atoms with Crippen LogP contribution in [0.4, 0.5) is 5.69 Å². The van der Waals surface area contributed by atoms with E-state index < -0.39 is 0 Å². The van der Waals surface area contributed by atoms with Crippen LogP contribution >= 0.6 is 12.2 Å². The normalized spacial score (nSPS) is 16.8. The summed E-state index contributed by atoms with van der Waals surface area (Å²) in [7, 11) is 0. The van der Waals surface area contributed by atoms with Gasteiger partial charge in [0.1, 0.15) is 5.84 Å². The number of anilines is 1. The highest BCUT2D eigenvalue weighted by molar-refractivity contribution is 7.80. The molecule has 0 radical (unpaired) electrons. The molecule has 3 rings (SSSR count). The van der Waals surface area contributed by atoms with Gasteiger partial charge in [0.05, 0.1) is 16.6 Å². The summed E-state index contributed by atoms with van der Waals surface area (Å²) in [6.45, 7) is 0.680. The zero-order chi connectivity index (χ0) is 16.1. The van der Waals surface area contributed by atoms with Gasteiger partial charge in [0.2, 0.25) is 0 Å². The molecule has 1 atom stereocenters. The van der Waals surface area contributed by atoms with E-state index in [0.717, 1.165) is 5.69 Å². The molecule has 23 heavy (non-hydrogen) atoms. The average molecular weight is 322 g/mol. The third-order valence-electron chi connectivity index (χ3n) is 3.57. The van der Waals surface area contributed by atoms with Gasteiger partial charge in [-0.2, -0.15) is 5.10 Å². The van der Waals surface area contributed by atoms with Gasteiger partial charge in [-0.05, 0) is 23.8 Å². The van der Waals surface area contributed by atoms with E-state index >= 15 is 0 Å². The molecule has 5 heteroatoms. The predicted octanol–water partition coefficient (Wildman–Crippen LogP) is 3.03. The molecule has 0 amide bonds. The van der Waals surface area contributed by atoms with Crippen LogP contribution < -0.4 is 16.1 Å². The highest BCUT2D eigenvalue weighted by Gasteiger charge is 2.21. The number of hydrogen-bond donors (Lipinski definition) is 2. The maximum Gasteiger partial charge on any atom is 0.134 e. The van der Waals surface area contributed by atoms with Crippen LogP contribution in [0.1, 0.15) is 5.56 Å². The first kappa shape index (κ1) is 15.2. The minimum atomic E-state index is -0.173. The molecule has 1 heterocycles. The quantitative estimate of drug-likeness (QED) is 0.850. The van der Waals surface area contributed by atoms with Crippen LogP contribution in [0.5, 0.6) is 0 Å². The number of amidine groups is 1. The molecule has 0 fully saturated rings. The first-order chi connectivity index (χ1) is 11.2. The lowest BCUT2D eigenvalue weighted by molar-refractivity contribution is 0.880. The SMILES string of the molecule is NC1=NN(c2ccccc2)C=CC1C(=S)NCc1ccccc1. The van der Waals surface area contributed by atoms with Crippen molar-refractivity contribution in [3.05, 3.63) is 78.5 Å². The van der Waals surface area contributed by atoms with E-state index in [1.165, 1.54) is 5.56 Å². The molecule has 0 saturated carbocycles. The van der Waals surface area contributed by atoms with Gasteiger partial charge in [-0.3, -0.25) is 0 Å². The van der Waals surface area contributed by atoms with Crippen LogP contribution in [-0.2, 0) is 6.54 Å². The number of para-hydroxylation sites is 1. The number of thiocarbonyl (C=S) groups is 1. The number of nitrogens with one attached hydrogen (secondary N) is 1. The first-order valence-electron chi connectivity index (χ1n) is 7.42. The Balaban J connectivity index is 1.63. The fraction of sp³-hybridized carbons (Fsp3) is 0.111. The molecule has 4 nitrogen and oxygen atoms in total. The van der Waals surface area contributed by atoms with Crippen LogP contribution in [0, 0.1) is 5.92 Å². The van der Waals surface area contributed by atoms with E-state index in [-0.39, 0.29) is 5.92 Å². The van der Waals surface area contributed by atoms with Crippen molar-refractivity contribution in [1.29, 1.82) is 0 Å². The second kappa shape index (κ2) is 7.07. The van der Waals surface area contributed by atoms with E-state index in [2.05, 4.69) is 22.6 Å². The zero-order valence-electron chi connectivity index (χ0n) is 12.6. The molecule has 0 aromatic heterocycles. The fourth-order valence-corrected chi connectivity index (χ4v) is 2.60.